The van der Waals surface area contributed by atoms with Crippen LogP contribution in [0, 0.1) is 5.92 Å². The number of carbonyl (C=O) groups is 2. The molecule has 21 heavy (non-hydrogen) atoms. The van der Waals surface area contributed by atoms with Crippen molar-refractivity contribution in [2.75, 3.05) is 6.54 Å². The summed E-state index contributed by atoms with van der Waals surface area (Å²) in [5, 5.41) is 2.91. The minimum atomic E-state index is -0.324. The van der Waals surface area contributed by atoms with Crippen LogP contribution in [0.2, 0.25) is 0 Å². The van der Waals surface area contributed by atoms with E-state index in [1.165, 1.54) is 12.0 Å². The SMILES string of the molecule is CCCC1NC(=O)C(C(C)C)N(CCC2=CCCC2)C1=O. The molecule has 0 radical (unpaired) electrons. The molecule has 118 valence electrons. The Morgan fingerprint density at radius 2 is 2.14 bits per heavy atom. The Hall–Kier alpha value is -1.32. The first-order valence-corrected chi connectivity index (χ1v) is 8.33. The van der Waals surface area contributed by atoms with Gasteiger partial charge in [-0.15, -0.1) is 0 Å². The number of piperazine rings is 1. The van der Waals surface area contributed by atoms with Crippen LogP contribution in [0.4, 0.5) is 0 Å². The monoisotopic (exact) mass is 292 g/mol. The van der Waals surface area contributed by atoms with Gasteiger partial charge in [-0.25, -0.2) is 0 Å². The molecule has 2 atom stereocenters. The molecule has 2 aliphatic rings. The van der Waals surface area contributed by atoms with Crippen LogP contribution >= 0.6 is 0 Å². The molecular formula is C17H28N2O2. The molecule has 0 aromatic rings. The predicted molar refractivity (Wildman–Crippen MR) is 83.7 cm³/mol. The highest BCUT2D eigenvalue weighted by atomic mass is 16.2. The summed E-state index contributed by atoms with van der Waals surface area (Å²) in [5.41, 5.74) is 1.45. The molecule has 2 unspecified atom stereocenters. The molecule has 1 aliphatic carbocycles. The van der Waals surface area contributed by atoms with E-state index in [4.69, 9.17) is 0 Å². The van der Waals surface area contributed by atoms with Crippen LogP contribution in [0.3, 0.4) is 0 Å². The van der Waals surface area contributed by atoms with E-state index in [9.17, 15) is 9.59 Å². The van der Waals surface area contributed by atoms with E-state index < -0.39 is 0 Å². The van der Waals surface area contributed by atoms with Crippen molar-refractivity contribution in [3.63, 3.8) is 0 Å². The average molecular weight is 292 g/mol. The molecule has 0 spiro atoms. The van der Waals surface area contributed by atoms with Crippen molar-refractivity contribution in [1.29, 1.82) is 0 Å². The molecule has 0 aromatic carbocycles. The summed E-state index contributed by atoms with van der Waals surface area (Å²) in [6.07, 6.45) is 8.39. The summed E-state index contributed by atoms with van der Waals surface area (Å²) in [4.78, 5) is 26.9. The lowest BCUT2D eigenvalue weighted by atomic mass is 9.95. The van der Waals surface area contributed by atoms with E-state index in [-0.39, 0.29) is 29.8 Å². The zero-order valence-electron chi connectivity index (χ0n) is 13.5. The highest BCUT2D eigenvalue weighted by Crippen LogP contribution is 2.24. The number of nitrogens with zero attached hydrogens (tertiary/aromatic N) is 1. The molecule has 1 N–H and O–H groups in total. The maximum atomic E-state index is 12.7. The molecule has 0 aromatic heterocycles. The van der Waals surface area contributed by atoms with Crippen LogP contribution in [0.1, 0.15) is 59.3 Å². The zero-order chi connectivity index (χ0) is 15.4. The van der Waals surface area contributed by atoms with Crippen molar-refractivity contribution < 1.29 is 9.59 Å². The number of hydrogen-bond acceptors (Lipinski definition) is 2. The molecular weight excluding hydrogens is 264 g/mol. The van der Waals surface area contributed by atoms with Gasteiger partial charge in [0.25, 0.3) is 0 Å². The minimum Gasteiger partial charge on any atom is -0.342 e. The number of carbonyl (C=O) groups excluding carboxylic acids is 2. The molecule has 1 heterocycles. The number of hydrogen-bond donors (Lipinski definition) is 1. The third kappa shape index (κ3) is 3.66. The summed E-state index contributed by atoms with van der Waals surface area (Å²) in [6, 6.07) is -0.636. The Morgan fingerprint density at radius 3 is 2.71 bits per heavy atom. The molecule has 0 bridgehead atoms. The Balaban J connectivity index is 2.09. The van der Waals surface area contributed by atoms with Gasteiger partial charge in [0.05, 0.1) is 0 Å². The van der Waals surface area contributed by atoms with Gasteiger partial charge in [0.15, 0.2) is 0 Å². The first-order chi connectivity index (χ1) is 10.0. The van der Waals surface area contributed by atoms with Crippen LogP contribution in [-0.4, -0.2) is 35.3 Å². The fourth-order valence-electron chi connectivity index (χ4n) is 3.42. The summed E-state index contributed by atoms with van der Waals surface area (Å²) < 4.78 is 0. The fourth-order valence-corrected chi connectivity index (χ4v) is 3.42. The van der Waals surface area contributed by atoms with Gasteiger partial charge >= 0.3 is 0 Å². The van der Waals surface area contributed by atoms with Crippen LogP contribution in [0.15, 0.2) is 11.6 Å². The van der Waals surface area contributed by atoms with E-state index in [2.05, 4.69) is 11.4 Å². The topological polar surface area (TPSA) is 49.4 Å². The van der Waals surface area contributed by atoms with E-state index >= 15 is 0 Å². The molecule has 2 rings (SSSR count). The lowest BCUT2D eigenvalue weighted by molar-refractivity contribution is -0.151. The van der Waals surface area contributed by atoms with Gasteiger partial charge in [0.2, 0.25) is 11.8 Å². The van der Waals surface area contributed by atoms with Crippen LogP contribution in [0.25, 0.3) is 0 Å². The normalized spacial score (nSPS) is 26.3. The molecule has 1 saturated heterocycles. The number of rotatable bonds is 6. The third-order valence-electron chi connectivity index (χ3n) is 4.52. The van der Waals surface area contributed by atoms with E-state index in [1.807, 2.05) is 25.7 Å². The maximum absolute atomic E-state index is 12.7. The first kappa shape index (κ1) is 16.1. The fraction of sp³-hybridized carbons (Fsp3) is 0.765. The Morgan fingerprint density at radius 1 is 1.38 bits per heavy atom. The number of amides is 2. The van der Waals surface area contributed by atoms with Crippen molar-refractivity contribution >= 4 is 11.8 Å². The number of allylic oxidation sites excluding steroid dienone is 1. The molecule has 1 aliphatic heterocycles. The van der Waals surface area contributed by atoms with E-state index in [0.29, 0.717) is 6.54 Å². The highest BCUT2D eigenvalue weighted by molar-refractivity contribution is 5.97. The standard InChI is InChI=1S/C17H28N2O2/c1-4-7-14-17(21)19(11-10-13-8-5-6-9-13)15(12(2)3)16(20)18-14/h8,12,14-15H,4-7,9-11H2,1-3H3,(H,18,20). The summed E-state index contributed by atoms with van der Waals surface area (Å²) in [5.74, 6) is 0.270. The van der Waals surface area contributed by atoms with Crippen molar-refractivity contribution in [2.45, 2.75) is 71.4 Å². The van der Waals surface area contributed by atoms with E-state index in [0.717, 1.165) is 32.1 Å². The van der Waals surface area contributed by atoms with Crippen LogP contribution < -0.4 is 5.32 Å². The van der Waals surface area contributed by atoms with Gasteiger partial charge in [-0.05, 0) is 38.0 Å². The molecule has 1 fully saturated rings. The largest absolute Gasteiger partial charge is 0.342 e. The minimum absolute atomic E-state index is 0.0171. The Bertz CT molecular complexity index is 429. The Kier molecular flexibility index (Phi) is 5.43. The lowest BCUT2D eigenvalue weighted by Crippen LogP contribution is -2.64. The van der Waals surface area contributed by atoms with E-state index in [1.54, 1.807) is 0 Å². The summed E-state index contributed by atoms with van der Waals surface area (Å²) in [7, 11) is 0. The predicted octanol–water partition coefficient (Wildman–Crippen LogP) is 2.64. The maximum Gasteiger partial charge on any atom is 0.245 e. The average Bonchev–Trinajstić information content (AvgIpc) is 2.93. The third-order valence-corrected chi connectivity index (χ3v) is 4.52. The molecule has 0 saturated carbocycles. The van der Waals surface area contributed by atoms with Crippen molar-refractivity contribution in [1.82, 2.24) is 10.2 Å². The highest BCUT2D eigenvalue weighted by Gasteiger charge is 2.41. The second kappa shape index (κ2) is 7.10. The summed E-state index contributed by atoms with van der Waals surface area (Å²) >= 11 is 0. The van der Waals surface area contributed by atoms with Gasteiger partial charge in [0.1, 0.15) is 12.1 Å². The number of nitrogens with one attached hydrogen (secondary N) is 1. The van der Waals surface area contributed by atoms with Gasteiger partial charge in [-0.2, -0.15) is 0 Å². The summed E-state index contributed by atoms with van der Waals surface area (Å²) in [6.45, 7) is 6.75. The van der Waals surface area contributed by atoms with Crippen LogP contribution in [0.5, 0.6) is 0 Å². The lowest BCUT2D eigenvalue weighted by Gasteiger charge is -2.41. The molecule has 4 nitrogen and oxygen atoms in total. The zero-order valence-corrected chi connectivity index (χ0v) is 13.5. The first-order valence-electron chi connectivity index (χ1n) is 8.33. The van der Waals surface area contributed by atoms with Crippen LogP contribution in [-0.2, 0) is 9.59 Å². The molecule has 2 amide bonds. The van der Waals surface area contributed by atoms with Crippen molar-refractivity contribution in [3.8, 4) is 0 Å². The smallest absolute Gasteiger partial charge is 0.245 e. The molecule has 4 heteroatoms. The van der Waals surface area contributed by atoms with Gasteiger partial charge in [-0.3, -0.25) is 9.59 Å². The van der Waals surface area contributed by atoms with Crippen molar-refractivity contribution in [2.24, 2.45) is 5.92 Å². The van der Waals surface area contributed by atoms with Crippen molar-refractivity contribution in [3.05, 3.63) is 11.6 Å². The quantitative estimate of drug-likeness (QED) is 0.765. The second-order valence-electron chi connectivity index (χ2n) is 6.57. The van der Waals surface area contributed by atoms with Gasteiger partial charge < -0.3 is 10.2 Å². The van der Waals surface area contributed by atoms with Gasteiger partial charge in [0, 0.05) is 6.54 Å². The second-order valence-corrected chi connectivity index (χ2v) is 6.57. The Labute approximate surface area is 128 Å². The van der Waals surface area contributed by atoms with Gasteiger partial charge in [-0.1, -0.05) is 38.8 Å².